The van der Waals surface area contributed by atoms with E-state index in [1.807, 2.05) is 7.05 Å². The Labute approximate surface area is 117 Å². The van der Waals surface area contributed by atoms with Crippen molar-refractivity contribution in [2.24, 2.45) is 5.73 Å². The van der Waals surface area contributed by atoms with Crippen molar-refractivity contribution in [3.8, 4) is 5.75 Å². The van der Waals surface area contributed by atoms with Crippen LogP contribution in [0, 0.1) is 0 Å². The van der Waals surface area contributed by atoms with Gasteiger partial charge in [0, 0.05) is 12.6 Å². The maximum Gasteiger partial charge on any atom is 0.573 e. The van der Waals surface area contributed by atoms with Crippen LogP contribution in [0.15, 0.2) is 24.3 Å². The number of alkyl halides is 3. The molecule has 2 N–H and O–H groups in total. The lowest BCUT2D eigenvalue weighted by Gasteiger charge is -2.27. The molecule has 0 heterocycles. The Bertz CT molecular complexity index is 392. The zero-order valence-electron chi connectivity index (χ0n) is 11.8. The molecule has 0 saturated carbocycles. The lowest BCUT2D eigenvalue weighted by molar-refractivity contribution is -0.274. The van der Waals surface area contributed by atoms with Crippen LogP contribution in [0.1, 0.15) is 31.4 Å². The molecule has 6 heteroatoms. The number of likely N-dealkylation sites (N-methyl/N-ethyl adjacent to an activating group) is 1. The maximum absolute atomic E-state index is 12.1. The summed E-state index contributed by atoms with van der Waals surface area (Å²) >= 11 is 0. The van der Waals surface area contributed by atoms with Crippen molar-refractivity contribution < 1.29 is 17.9 Å². The lowest BCUT2D eigenvalue weighted by atomic mass is 10.1. The number of unbranched alkanes of at least 4 members (excludes halogenated alkanes) is 1. The van der Waals surface area contributed by atoms with Crippen molar-refractivity contribution in [3.63, 3.8) is 0 Å². The van der Waals surface area contributed by atoms with Crippen molar-refractivity contribution in [1.29, 1.82) is 0 Å². The van der Waals surface area contributed by atoms with E-state index < -0.39 is 6.36 Å². The van der Waals surface area contributed by atoms with Gasteiger partial charge in [0.05, 0.1) is 0 Å². The Morgan fingerprint density at radius 3 is 2.30 bits per heavy atom. The lowest BCUT2D eigenvalue weighted by Crippen LogP contribution is -2.31. The SMILES string of the molecule is CCCCN(C)C(CN)c1ccc(OC(F)(F)F)cc1. The van der Waals surface area contributed by atoms with E-state index in [9.17, 15) is 13.2 Å². The van der Waals surface area contributed by atoms with Crippen molar-refractivity contribution >= 4 is 0 Å². The molecule has 0 aromatic heterocycles. The van der Waals surface area contributed by atoms with E-state index in [1.165, 1.54) is 12.1 Å². The van der Waals surface area contributed by atoms with Gasteiger partial charge in [0.25, 0.3) is 0 Å². The third-order valence-electron chi connectivity index (χ3n) is 3.12. The highest BCUT2D eigenvalue weighted by Gasteiger charge is 2.31. The third-order valence-corrected chi connectivity index (χ3v) is 3.12. The van der Waals surface area contributed by atoms with Gasteiger partial charge in [-0.25, -0.2) is 0 Å². The summed E-state index contributed by atoms with van der Waals surface area (Å²) in [4.78, 5) is 2.11. The van der Waals surface area contributed by atoms with Crippen LogP contribution >= 0.6 is 0 Å². The molecule has 1 atom stereocenters. The molecule has 0 amide bonds. The van der Waals surface area contributed by atoms with Crippen molar-refractivity contribution in [2.45, 2.75) is 32.2 Å². The Morgan fingerprint density at radius 1 is 1.25 bits per heavy atom. The van der Waals surface area contributed by atoms with E-state index in [4.69, 9.17) is 5.73 Å². The molecule has 1 aromatic rings. The van der Waals surface area contributed by atoms with Crippen LogP contribution in [0.3, 0.4) is 0 Å². The van der Waals surface area contributed by atoms with Gasteiger partial charge in [0.1, 0.15) is 5.75 Å². The zero-order valence-corrected chi connectivity index (χ0v) is 11.8. The molecule has 20 heavy (non-hydrogen) atoms. The van der Waals surface area contributed by atoms with Gasteiger partial charge in [-0.2, -0.15) is 0 Å². The quantitative estimate of drug-likeness (QED) is 0.837. The first-order chi connectivity index (χ1) is 9.37. The average molecular weight is 290 g/mol. The number of ether oxygens (including phenoxy) is 1. The monoisotopic (exact) mass is 290 g/mol. The van der Waals surface area contributed by atoms with Gasteiger partial charge in [-0.3, -0.25) is 4.90 Å². The number of hydrogen-bond donors (Lipinski definition) is 1. The molecular weight excluding hydrogens is 269 g/mol. The van der Waals surface area contributed by atoms with Crippen LogP contribution in [-0.4, -0.2) is 31.4 Å². The van der Waals surface area contributed by atoms with Crippen LogP contribution in [0.5, 0.6) is 5.75 Å². The Morgan fingerprint density at radius 2 is 1.85 bits per heavy atom. The van der Waals surface area contributed by atoms with Crippen LogP contribution in [0.25, 0.3) is 0 Å². The predicted molar refractivity (Wildman–Crippen MR) is 72.5 cm³/mol. The summed E-state index contributed by atoms with van der Waals surface area (Å²) in [7, 11) is 1.97. The van der Waals surface area contributed by atoms with Crippen molar-refractivity contribution in [1.82, 2.24) is 4.90 Å². The molecule has 0 aliphatic rings. The van der Waals surface area contributed by atoms with Gasteiger partial charge in [-0.15, -0.1) is 13.2 Å². The summed E-state index contributed by atoms with van der Waals surface area (Å²) in [5, 5.41) is 0. The third kappa shape index (κ3) is 5.38. The molecule has 114 valence electrons. The zero-order chi connectivity index (χ0) is 15.2. The van der Waals surface area contributed by atoms with E-state index in [0.29, 0.717) is 6.54 Å². The van der Waals surface area contributed by atoms with Gasteiger partial charge < -0.3 is 10.5 Å². The van der Waals surface area contributed by atoms with Crippen molar-refractivity contribution in [2.75, 3.05) is 20.1 Å². The fraction of sp³-hybridized carbons (Fsp3) is 0.571. The minimum Gasteiger partial charge on any atom is -0.406 e. The molecular formula is C14H21F3N2O. The average Bonchev–Trinajstić information content (AvgIpc) is 2.37. The van der Waals surface area contributed by atoms with E-state index in [2.05, 4.69) is 16.6 Å². The highest BCUT2D eigenvalue weighted by atomic mass is 19.4. The molecule has 0 fully saturated rings. The van der Waals surface area contributed by atoms with Crippen molar-refractivity contribution in [3.05, 3.63) is 29.8 Å². The topological polar surface area (TPSA) is 38.5 Å². The summed E-state index contributed by atoms with van der Waals surface area (Å²) < 4.78 is 40.1. The highest BCUT2D eigenvalue weighted by molar-refractivity contribution is 5.29. The fourth-order valence-corrected chi connectivity index (χ4v) is 2.03. The van der Waals surface area contributed by atoms with Gasteiger partial charge >= 0.3 is 6.36 Å². The molecule has 0 saturated heterocycles. The minimum atomic E-state index is -4.66. The minimum absolute atomic E-state index is 0.00138. The summed E-state index contributed by atoms with van der Waals surface area (Å²) in [6, 6.07) is 5.89. The Balaban J connectivity index is 2.74. The number of nitrogens with zero attached hydrogens (tertiary/aromatic N) is 1. The molecule has 0 aliphatic carbocycles. The summed E-state index contributed by atoms with van der Waals surface area (Å²) in [5.41, 5.74) is 6.65. The highest BCUT2D eigenvalue weighted by Crippen LogP contribution is 2.25. The molecule has 1 unspecified atom stereocenters. The van der Waals surface area contributed by atoms with Crippen LogP contribution in [-0.2, 0) is 0 Å². The first-order valence-corrected chi connectivity index (χ1v) is 6.63. The normalized spacial score (nSPS) is 13.6. The van der Waals surface area contributed by atoms with E-state index in [-0.39, 0.29) is 11.8 Å². The number of rotatable bonds is 7. The fourth-order valence-electron chi connectivity index (χ4n) is 2.03. The second-order valence-corrected chi connectivity index (χ2v) is 4.70. The molecule has 0 radical (unpaired) electrons. The van der Waals surface area contributed by atoms with Gasteiger partial charge in [0.15, 0.2) is 0 Å². The molecule has 0 aliphatic heterocycles. The molecule has 1 rings (SSSR count). The number of nitrogens with two attached hydrogens (primary N) is 1. The van der Waals surface area contributed by atoms with Crippen LogP contribution < -0.4 is 10.5 Å². The summed E-state index contributed by atoms with van der Waals surface area (Å²) in [5.74, 6) is -0.215. The van der Waals surface area contributed by atoms with E-state index >= 15 is 0 Å². The largest absolute Gasteiger partial charge is 0.573 e. The molecule has 3 nitrogen and oxygen atoms in total. The van der Waals surface area contributed by atoms with E-state index in [1.54, 1.807) is 12.1 Å². The van der Waals surface area contributed by atoms with Gasteiger partial charge in [-0.1, -0.05) is 25.5 Å². The second kappa shape index (κ2) is 7.50. The van der Waals surface area contributed by atoms with Gasteiger partial charge in [0.2, 0.25) is 0 Å². The second-order valence-electron chi connectivity index (χ2n) is 4.70. The standard InChI is InChI=1S/C14H21F3N2O/c1-3-4-9-19(2)13(10-18)11-5-7-12(8-6-11)20-14(15,16)17/h5-8,13H,3-4,9-10,18H2,1-2H3. The Hall–Kier alpha value is -1.27. The van der Waals surface area contributed by atoms with Gasteiger partial charge in [-0.05, 0) is 37.7 Å². The number of hydrogen-bond acceptors (Lipinski definition) is 3. The number of halogens is 3. The Kier molecular flexibility index (Phi) is 6.29. The summed E-state index contributed by atoms with van der Waals surface area (Å²) in [6.07, 6.45) is -2.52. The molecule has 0 bridgehead atoms. The smallest absolute Gasteiger partial charge is 0.406 e. The number of benzene rings is 1. The molecule has 1 aromatic carbocycles. The first kappa shape index (κ1) is 16.8. The van der Waals surface area contributed by atoms with E-state index in [0.717, 1.165) is 24.9 Å². The summed E-state index contributed by atoms with van der Waals surface area (Å²) in [6.45, 7) is 3.42. The van der Waals surface area contributed by atoms with Crippen LogP contribution in [0.2, 0.25) is 0 Å². The predicted octanol–water partition coefficient (Wildman–Crippen LogP) is 3.32. The maximum atomic E-state index is 12.1. The van der Waals surface area contributed by atoms with Crippen LogP contribution in [0.4, 0.5) is 13.2 Å². The first-order valence-electron chi connectivity index (χ1n) is 6.63. The molecule has 0 spiro atoms.